The van der Waals surface area contributed by atoms with E-state index in [4.69, 9.17) is 0 Å². The Hall–Kier alpha value is -8.46. The molecule has 0 unspecified atom stereocenters. The summed E-state index contributed by atoms with van der Waals surface area (Å²) in [4.78, 5) is 5.06. The second-order valence-electron chi connectivity index (χ2n) is 19.4. The maximum Gasteiger partial charge on any atom is 0.0493 e. The molecule has 2 heteroatoms. The van der Waals surface area contributed by atoms with Crippen molar-refractivity contribution in [3.63, 3.8) is 0 Å². The summed E-state index contributed by atoms with van der Waals surface area (Å²) in [6.07, 6.45) is 8.45. The van der Waals surface area contributed by atoms with E-state index in [1.54, 1.807) is 0 Å². The lowest BCUT2D eigenvalue weighted by Crippen LogP contribution is -2.12. The molecule has 3 aliphatic rings. The molecule has 0 bridgehead atoms. The molecule has 11 aromatic rings. The van der Waals surface area contributed by atoms with E-state index in [-0.39, 0.29) is 0 Å². The molecule has 0 saturated heterocycles. The molecule has 0 amide bonds. The number of rotatable bonds is 5. The van der Waals surface area contributed by atoms with Crippen LogP contribution in [-0.2, 0) is 32.1 Å². The van der Waals surface area contributed by atoms with Gasteiger partial charge in [0, 0.05) is 34.1 Å². The number of hydrogen-bond donors (Lipinski definition) is 0. The van der Waals surface area contributed by atoms with Crippen LogP contribution in [0.1, 0.15) is 45.4 Å². The van der Waals surface area contributed by atoms with Gasteiger partial charge in [0.2, 0.25) is 0 Å². The first kappa shape index (κ1) is 40.6. The normalized spacial score (nSPS) is 14.0. The molecule has 14 rings (SSSR count). The van der Waals surface area contributed by atoms with Gasteiger partial charge in [-0.1, -0.05) is 182 Å². The van der Waals surface area contributed by atoms with Crippen LogP contribution in [0.5, 0.6) is 0 Å². The molecule has 0 saturated carbocycles. The Bertz CT molecular complexity index is 3810. The summed E-state index contributed by atoms with van der Waals surface area (Å²) in [5, 5.41) is 7.49. The van der Waals surface area contributed by atoms with Crippen molar-refractivity contribution in [1.82, 2.24) is 0 Å². The maximum absolute atomic E-state index is 2.53. The number of allylic oxidation sites excluding steroid dienone is 1. The minimum atomic E-state index is 0.998. The SMILES string of the molecule is C1=C(c2ccccc2)CCc2cc(-c3c4cc(N5c6ccccc6CCc6ccccc65)ccc4c(-c4cccc5ccccc45)c4cc(N5c6ccccc6CCc6ccccc65)ccc34)ccc21. The van der Waals surface area contributed by atoms with Crippen molar-refractivity contribution in [2.75, 3.05) is 9.80 Å². The summed E-state index contributed by atoms with van der Waals surface area (Å²) in [5.41, 5.74) is 23.3. The van der Waals surface area contributed by atoms with Gasteiger partial charge in [-0.3, -0.25) is 0 Å². The number of anilines is 6. The Kier molecular flexibility index (Phi) is 9.65. The fraction of sp³-hybridized carbons (Fsp3) is 0.0882. The van der Waals surface area contributed by atoms with Crippen molar-refractivity contribution in [3.05, 3.63) is 263 Å². The first-order chi connectivity index (χ1) is 34.7. The van der Waals surface area contributed by atoms with Gasteiger partial charge in [0.1, 0.15) is 0 Å². The van der Waals surface area contributed by atoms with Crippen LogP contribution in [0.15, 0.2) is 224 Å². The smallest absolute Gasteiger partial charge is 0.0493 e. The maximum atomic E-state index is 2.53. The lowest BCUT2D eigenvalue weighted by atomic mass is 9.82. The molecular weight excluding hydrogens is 845 g/mol. The van der Waals surface area contributed by atoms with Gasteiger partial charge >= 0.3 is 0 Å². The zero-order valence-electron chi connectivity index (χ0n) is 39.1. The Morgan fingerprint density at radius 3 is 1.37 bits per heavy atom. The number of fused-ring (bicyclic) bond motifs is 8. The first-order valence-electron chi connectivity index (χ1n) is 25.0. The van der Waals surface area contributed by atoms with Gasteiger partial charge in [-0.15, -0.1) is 0 Å². The third-order valence-electron chi connectivity index (χ3n) is 15.5. The molecule has 0 fully saturated rings. The minimum absolute atomic E-state index is 0.998. The van der Waals surface area contributed by atoms with Crippen molar-refractivity contribution in [2.24, 2.45) is 0 Å². The Morgan fingerprint density at radius 2 is 0.771 bits per heavy atom. The van der Waals surface area contributed by atoms with E-state index in [0.29, 0.717) is 0 Å². The van der Waals surface area contributed by atoms with E-state index in [0.717, 1.165) is 38.5 Å². The fourth-order valence-corrected chi connectivity index (χ4v) is 12.2. The highest BCUT2D eigenvalue weighted by molar-refractivity contribution is 6.25. The Balaban J connectivity index is 1.09. The lowest BCUT2D eigenvalue weighted by Gasteiger charge is -2.29. The van der Waals surface area contributed by atoms with E-state index in [9.17, 15) is 0 Å². The van der Waals surface area contributed by atoms with Crippen LogP contribution < -0.4 is 9.80 Å². The molecule has 0 atom stereocenters. The third-order valence-corrected chi connectivity index (χ3v) is 15.5. The Morgan fingerprint density at radius 1 is 0.286 bits per heavy atom. The number of nitrogens with zero attached hydrogens (tertiary/aromatic N) is 2. The van der Waals surface area contributed by atoms with E-state index < -0.39 is 0 Å². The van der Waals surface area contributed by atoms with Crippen molar-refractivity contribution in [3.8, 4) is 22.3 Å². The standard InChI is InChI=1S/C68H50N2/c1-2-15-45(16-3-1)51-33-34-53-42-54(36-35-52(53)41-51)67-59-39-37-56(70-65-27-12-7-20-49(65)31-32-50-21-8-13-28-66(50)70)44-62(59)68(58-24-14-22-46-17-4-9-23-57(46)58)60-40-38-55(43-61(60)67)69-63-25-10-5-18-47(63)29-30-48-19-6-11-26-64(48)69/h1-28,35-44H,29-34H2. The third kappa shape index (κ3) is 6.70. The average molecular weight is 895 g/mol. The molecule has 2 heterocycles. The quantitative estimate of drug-likeness (QED) is 0.159. The van der Waals surface area contributed by atoms with Crippen LogP contribution in [-0.4, -0.2) is 0 Å². The summed E-state index contributed by atoms with van der Waals surface area (Å²) in [7, 11) is 0. The summed E-state index contributed by atoms with van der Waals surface area (Å²) in [6.45, 7) is 0. The Labute approximate surface area is 410 Å². The first-order valence-corrected chi connectivity index (χ1v) is 25.0. The van der Waals surface area contributed by atoms with Crippen molar-refractivity contribution in [1.29, 1.82) is 0 Å². The topological polar surface area (TPSA) is 6.48 Å². The van der Waals surface area contributed by atoms with Crippen molar-refractivity contribution < 1.29 is 0 Å². The van der Waals surface area contributed by atoms with Crippen LogP contribution in [0.3, 0.4) is 0 Å². The second-order valence-corrected chi connectivity index (χ2v) is 19.4. The van der Waals surface area contributed by atoms with Crippen LogP contribution in [0, 0.1) is 0 Å². The van der Waals surface area contributed by atoms with Crippen LogP contribution in [0.25, 0.3) is 66.2 Å². The summed E-state index contributed by atoms with van der Waals surface area (Å²) in [5.74, 6) is 0. The monoisotopic (exact) mass is 894 g/mol. The van der Waals surface area contributed by atoms with Gasteiger partial charge in [-0.05, 0) is 186 Å². The fourth-order valence-electron chi connectivity index (χ4n) is 12.2. The molecular formula is C68H50N2. The molecule has 0 N–H and O–H groups in total. The van der Waals surface area contributed by atoms with Crippen molar-refractivity contribution in [2.45, 2.75) is 38.5 Å². The van der Waals surface area contributed by atoms with Crippen LogP contribution >= 0.6 is 0 Å². The largest absolute Gasteiger partial charge is 0.310 e. The number of para-hydroxylation sites is 4. The van der Waals surface area contributed by atoms with E-state index in [2.05, 4.69) is 240 Å². The highest BCUT2D eigenvalue weighted by atomic mass is 15.2. The molecule has 2 aliphatic heterocycles. The van der Waals surface area contributed by atoms with Gasteiger partial charge < -0.3 is 9.80 Å². The van der Waals surface area contributed by atoms with E-state index in [1.807, 2.05) is 0 Å². The molecule has 0 radical (unpaired) electrons. The highest BCUT2D eigenvalue weighted by Gasteiger charge is 2.27. The summed E-state index contributed by atoms with van der Waals surface area (Å²) in [6, 6.07) is 84.7. The zero-order valence-corrected chi connectivity index (χ0v) is 39.1. The predicted octanol–water partition coefficient (Wildman–Crippen LogP) is 18.1. The molecule has 2 nitrogen and oxygen atoms in total. The van der Waals surface area contributed by atoms with E-state index >= 15 is 0 Å². The van der Waals surface area contributed by atoms with Gasteiger partial charge in [0.15, 0.2) is 0 Å². The molecule has 1 aliphatic carbocycles. The highest BCUT2D eigenvalue weighted by Crippen LogP contribution is 2.51. The molecule has 11 aromatic carbocycles. The number of benzene rings is 11. The second kappa shape index (κ2) is 16.6. The molecule has 332 valence electrons. The predicted molar refractivity (Wildman–Crippen MR) is 297 cm³/mol. The number of aryl methyl sites for hydroxylation is 5. The van der Waals surface area contributed by atoms with Gasteiger partial charge in [0.25, 0.3) is 0 Å². The molecule has 0 aromatic heterocycles. The van der Waals surface area contributed by atoms with E-state index in [1.165, 1.54) is 133 Å². The summed E-state index contributed by atoms with van der Waals surface area (Å²) < 4.78 is 0. The van der Waals surface area contributed by atoms with Gasteiger partial charge in [-0.2, -0.15) is 0 Å². The van der Waals surface area contributed by atoms with Crippen LogP contribution in [0.4, 0.5) is 34.1 Å². The van der Waals surface area contributed by atoms with Gasteiger partial charge in [0.05, 0.1) is 0 Å². The zero-order chi connectivity index (χ0) is 46.1. The average Bonchev–Trinajstić information content (AvgIpc) is 3.70. The van der Waals surface area contributed by atoms with Gasteiger partial charge in [-0.25, -0.2) is 0 Å². The van der Waals surface area contributed by atoms with Crippen LogP contribution in [0.2, 0.25) is 0 Å². The lowest BCUT2D eigenvalue weighted by molar-refractivity contribution is 0.977. The molecule has 0 spiro atoms. The number of hydrogen-bond acceptors (Lipinski definition) is 2. The minimum Gasteiger partial charge on any atom is -0.310 e. The summed E-state index contributed by atoms with van der Waals surface area (Å²) >= 11 is 0. The van der Waals surface area contributed by atoms with Crippen molar-refractivity contribution >= 4 is 78.1 Å². The molecule has 70 heavy (non-hydrogen) atoms.